The van der Waals surface area contributed by atoms with Crippen LogP contribution in [0.25, 0.3) is 12.2 Å². The quantitative estimate of drug-likeness (QED) is 0.732. The van der Waals surface area contributed by atoms with Gasteiger partial charge >= 0.3 is 0 Å². The molecule has 2 aromatic rings. The average molecular weight is 387 g/mol. The molecule has 0 N–H and O–H groups in total. The number of nitrogens with zero attached hydrogens (tertiary/aromatic N) is 2. The van der Waals surface area contributed by atoms with E-state index in [-0.39, 0.29) is 11.6 Å². The monoisotopic (exact) mass is 386 g/mol. The van der Waals surface area contributed by atoms with Crippen LogP contribution in [0.15, 0.2) is 58.3 Å². The van der Waals surface area contributed by atoms with Crippen molar-refractivity contribution in [2.24, 2.45) is 0 Å². The molecule has 0 bridgehead atoms. The molecule has 1 aromatic heterocycles. The standard InChI is InChI=1S/C19H16BrFN2O/c1-23-11-15(8-13-4-6-22-7-5-13)19(24)16(12-23)9-14-2-3-17(21)10-18(14)20/h2-10H,11-12H2,1H3/b15-8+,16-9+. The fraction of sp³-hybridized carbons (Fsp3) is 0.158. The Morgan fingerprint density at radius 2 is 1.79 bits per heavy atom. The van der Waals surface area contributed by atoms with Crippen molar-refractivity contribution in [1.82, 2.24) is 9.88 Å². The lowest BCUT2D eigenvalue weighted by atomic mass is 9.95. The Hall–Kier alpha value is -2.11. The predicted octanol–water partition coefficient (Wildman–Crippen LogP) is 3.96. The molecule has 3 nitrogen and oxygen atoms in total. The lowest BCUT2D eigenvalue weighted by Crippen LogP contribution is -2.34. The molecule has 24 heavy (non-hydrogen) atoms. The molecule has 1 saturated heterocycles. The van der Waals surface area contributed by atoms with E-state index in [1.165, 1.54) is 12.1 Å². The summed E-state index contributed by atoms with van der Waals surface area (Å²) in [6.45, 7) is 1.17. The van der Waals surface area contributed by atoms with Crippen LogP contribution in [0.5, 0.6) is 0 Å². The number of hydrogen-bond acceptors (Lipinski definition) is 3. The van der Waals surface area contributed by atoms with Crippen LogP contribution in [0.3, 0.4) is 0 Å². The Balaban J connectivity index is 1.95. The molecule has 0 radical (unpaired) electrons. The van der Waals surface area contributed by atoms with Gasteiger partial charge in [-0.15, -0.1) is 0 Å². The lowest BCUT2D eigenvalue weighted by Gasteiger charge is -2.26. The van der Waals surface area contributed by atoms with Gasteiger partial charge in [-0.3, -0.25) is 14.7 Å². The number of carbonyl (C=O) groups is 1. The van der Waals surface area contributed by atoms with E-state index in [0.29, 0.717) is 23.1 Å². The Bertz CT molecular complexity index is 831. The summed E-state index contributed by atoms with van der Waals surface area (Å²) in [7, 11) is 1.97. The van der Waals surface area contributed by atoms with Crippen LogP contribution in [0.2, 0.25) is 0 Å². The molecule has 0 spiro atoms. The lowest BCUT2D eigenvalue weighted by molar-refractivity contribution is -0.113. The molecule has 1 aromatic carbocycles. The summed E-state index contributed by atoms with van der Waals surface area (Å²) in [5.41, 5.74) is 3.17. The smallest absolute Gasteiger partial charge is 0.187 e. The Labute approximate surface area is 148 Å². The minimum atomic E-state index is -0.311. The second-order valence-electron chi connectivity index (χ2n) is 5.79. The third-order valence-electron chi connectivity index (χ3n) is 3.80. The molecule has 0 aliphatic carbocycles. The van der Waals surface area contributed by atoms with Crippen molar-refractivity contribution < 1.29 is 9.18 Å². The maximum Gasteiger partial charge on any atom is 0.187 e. The Kier molecular flexibility index (Phi) is 5.02. The molecule has 0 unspecified atom stereocenters. The highest BCUT2D eigenvalue weighted by Gasteiger charge is 2.24. The maximum absolute atomic E-state index is 13.2. The van der Waals surface area contributed by atoms with Gasteiger partial charge in [-0.2, -0.15) is 0 Å². The number of benzene rings is 1. The second kappa shape index (κ2) is 7.20. The van der Waals surface area contributed by atoms with E-state index < -0.39 is 0 Å². The summed E-state index contributed by atoms with van der Waals surface area (Å²) in [5.74, 6) is -0.282. The van der Waals surface area contributed by atoms with E-state index in [4.69, 9.17) is 0 Å². The molecular formula is C19H16BrFN2O. The Morgan fingerprint density at radius 1 is 1.12 bits per heavy atom. The molecule has 2 heterocycles. The first kappa shape index (κ1) is 16.7. The number of halogens is 2. The SMILES string of the molecule is CN1C/C(=C\c2ccncc2)C(=O)/C(=C/c2ccc(F)cc2Br)C1. The molecule has 1 fully saturated rings. The number of piperidine rings is 1. The van der Waals surface area contributed by atoms with Gasteiger partial charge in [0, 0.05) is 41.1 Å². The molecule has 0 amide bonds. The third kappa shape index (κ3) is 3.86. The van der Waals surface area contributed by atoms with Crippen molar-refractivity contribution >= 4 is 33.9 Å². The minimum Gasteiger partial charge on any atom is -0.298 e. The summed E-state index contributed by atoms with van der Waals surface area (Å²) in [4.78, 5) is 18.9. The highest BCUT2D eigenvalue weighted by atomic mass is 79.9. The summed E-state index contributed by atoms with van der Waals surface area (Å²) >= 11 is 3.35. The van der Waals surface area contributed by atoms with Gasteiger partial charge in [0.05, 0.1) is 0 Å². The molecule has 0 saturated carbocycles. The van der Waals surface area contributed by atoms with Crippen LogP contribution in [0.1, 0.15) is 11.1 Å². The van der Waals surface area contributed by atoms with Gasteiger partial charge < -0.3 is 0 Å². The third-order valence-corrected chi connectivity index (χ3v) is 4.49. The predicted molar refractivity (Wildman–Crippen MR) is 96.8 cm³/mol. The summed E-state index contributed by atoms with van der Waals surface area (Å²) < 4.78 is 13.9. The average Bonchev–Trinajstić information content (AvgIpc) is 2.55. The van der Waals surface area contributed by atoms with Crippen molar-refractivity contribution in [3.05, 3.63) is 75.3 Å². The van der Waals surface area contributed by atoms with Crippen molar-refractivity contribution in [3.63, 3.8) is 0 Å². The molecule has 3 rings (SSSR count). The normalized spacial score (nSPS) is 19.2. The van der Waals surface area contributed by atoms with E-state index in [1.54, 1.807) is 18.5 Å². The van der Waals surface area contributed by atoms with E-state index in [2.05, 4.69) is 25.8 Å². The zero-order valence-corrected chi connectivity index (χ0v) is 14.8. The van der Waals surface area contributed by atoms with Gasteiger partial charge in [-0.05, 0) is 54.6 Å². The summed E-state index contributed by atoms with van der Waals surface area (Å²) in [5, 5.41) is 0. The number of hydrogen-bond donors (Lipinski definition) is 0. The molecular weight excluding hydrogens is 371 g/mol. The second-order valence-corrected chi connectivity index (χ2v) is 6.64. The largest absolute Gasteiger partial charge is 0.298 e. The van der Waals surface area contributed by atoms with Crippen LogP contribution in [0, 0.1) is 5.82 Å². The minimum absolute atomic E-state index is 0.0288. The van der Waals surface area contributed by atoms with Gasteiger partial charge in [0.25, 0.3) is 0 Å². The van der Waals surface area contributed by atoms with Gasteiger partial charge in [0.2, 0.25) is 0 Å². The molecule has 122 valence electrons. The first-order chi connectivity index (χ1) is 11.5. The number of Topliss-reactive ketones (excluding diaryl/α,β-unsaturated/α-hetero) is 1. The van der Waals surface area contributed by atoms with E-state index in [9.17, 15) is 9.18 Å². The van der Waals surface area contributed by atoms with E-state index >= 15 is 0 Å². The number of ketones is 1. The number of likely N-dealkylation sites (tertiary alicyclic amines) is 1. The topological polar surface area (TPSA) is 33.2 Å². The molecule has 1 aliphatic heterocycles. The van der Waals surface area contributed by atoms with Crippen molar-refractivity contribution in [1.29, 1.82) is 0 Å². The van der Waals surface area contributed by atoms with Gasteiger partial charge in [-0.1, -0.05) is 22.0 Å². The zero-order valence-electron chi connectivity index (χ0n) is 13.2. The summed E-state index contributed by atoms with van der Waals surface area (Å²) in [6.07, 6.45) is 7.13. The molecule has 1 aliphatic rings. The highest BCUT2D eigenvalue weighted by Crippen LogP contribution is 2.25. The number of carbonyl (C=O) groups excluding carboxylic acids is 1. The highest BCUT2D eigenvalue weighted by molar-refractivity contribution is 9.10. The van der Waals surface area contributed by atoms with Crippen LogP contribution in [-0.2, 0) is 4.79 Å². The molecule has 5 heteroatoms. The first-order valence-corrected chi connectivity index (χ1v) is 8.32. The first-order valence-electron chi connectivity index (χ1n) is 7.52. The van der Waals surface area contributed by atoms with Crippen molar-refractivity contribution in [2.75, 3.05) is 20.1 Å². The van der Waals surface area contributed by atoms with Crippen molar-refractivity contribution in [3.8, 4) is 0 Å². The zero-order chi connectivity index (χ0) is 17.1. The van der Waals surface area contributed by atoms with Gasteiger partial charge in [-0.25, -0.2) is 4.39 Å². The Morgan fingerprint density at radius 3 is 2.46 bits per heavy atom. The number of pyridine rings is 1. The van der Waals surface area contributed by atoms with E-state index in [0.717, 1.165) is 16.7 Å². The van der Waals surface area contributed by atoms with Crippen LogP contribution in [-0.4, -0.2) is 35.8 Å². The van der Waals surface area contributed by atoms with Crippen LogP contribution in [0.4, 0.5) is 4.39 Å². The fourth-order valence-electron chi connectivity index (χ4n) is 2.68. The van der Waals surface area contributed by atoms with Crippen LogP contribution < -0.4 is 0 Å². The fourth-order valence-corrected chi connectivity index (χ4v) is 3.14. The number of rotatable bonds is 2. The van der Waals surface area contributed by atoms with Crippen molar-refractivity contribution in [2.45, 2.75) is 0 Å². The van der Waals surface area contributed by atoms with Crippen LogP contribution >= 0.6 is 15.9 Å². The maximum atomic E-state index is 13.2. The van der Waals surface area contributed by atoms with E-state index in [1.807, 2.05) is 31.3 Å². The summed E-state index contributed by atoms with van der Waals surface area (Å²) in [6, 6.07) is 8.20. The van der Waals surface area contributed by atoms with Gasteiger partial charge in [0.15, 0.2) is 5.78 Å². The number of likely N-dealkylation sites (N-methyl/N-ethyl adjacent to an activating group) is 1. The molecule has 0 atom stereocenters. The van der Waals surface area contributed by atoms with Gasteiger partial charge in [0.1, 0.15) is 5.82 Å². The number of aromatic nitrogens is 1.